The molecule has 0 saturated heterocycles. The molecule has 2 heterocycles. The molecule has 1 aliphatic rings. The Kier molecular flexibility index (Phi) is 2.78. The number of fused-ring (bicyclic) bond motifs is 2. The highest BCUT2D eigenvalue weighted by molar-refractivity contribution is 6.01. The smallest absolute Gasteiger partial charge is 0.173 e. The first-order valence-electron chi connectivity index (χ1n) is 7.14. The van der Waals surface area contributed by atoms with Crippen molar-refractivity contribution >= 4 is 16.7 Å². The zero-order chi connectivity index (χ0) is 14.2. The van der Waals surface area contributed by atoms with Crippen LogP contribution >= 0.6 is 0 Å². The lowest BCUT2D eigenvalue weighted by molar-refractivity contribution is 0.0831. The molecule has 3 aromatic rings. The number of hydrogen-bond acceptors (Lipinski definition) is 2. The Bertz CT molecular complexity index is 819. The quantitative estimate of drug-likeness (QED) is 0.777. The van der Waals surface area contributed by atoms with Crippen LogP contribution in [0.15, 0.2) is 54.7 Å². The van der Waals surface area contributed by atoms with E-state index in [1.54, 1.807) is 0 Å². The van der Waals surface area contributed by atoms with Gasteiger partial charge in [-0.3, -0.25) is 4.79 Å². The first-order chi connectivity index (χ1) is 10.3. The number of hydrogen-bond donors (Lipinski definition) is 1. The number of Topliss-reactive ketones (excluding diaryl/α,β-unsaturated/α-hetero) is 1. The summed E-state index contributed by atoms with van der Waals surface area (Å²) < 4.78 is 5.74. The van der Waals surface area contributed by atoms with Crippen molar-refractivity contribution in [3.8, 4) is 5.75 Å². The van der Waals surface area contributed by atoms with Crippen LogP contribution in [0.25, 0.3) is 10.9 Å². The van der Waals surface area contributed by atoms with Crippen molar-refractivity contribution in [3.63, 3.8) is 0 Å². The number of benzene rings is 2. The van der Waals surface area contributed by atoms with Crippen LogP contribution in [0, 0.1) is 5.92 Å². The number of ether oxygens (including phenoxy) is 1. The predicted molar refractivity (Wildman–Crippen MR) is 81.8 cm³/mol. The van der Waals surface area contributed by atoms with Gasteiger partial charge in [0.15, 0.2) is 5.78 Å². The summed E-state index contributed by atoms with van der Waals surface area (Å²) in [5.41, 5.74) is 2.98. The average Bonchev–Trinajstić information content (AvgIpc) is 2.94. The number of nitrogens with one attached hydrogen (secondary N) is 1. The maximum Gasteiger partial charge on any atom is 0.173 e. The Morgan fingerprint density at radius 2 is 1.90 bits per heavy atom. The van der Waals surface area contributed by atoms with E-state index in [-0.39, 0.29) is 11.7 Å². The molecule has 3 nitrogen and oxygen atoms in total. The van der Waals surface area contributed by atoms with Crippen LogP contribution in [0.3, 0.4) is 0 Å². The SMILES string of the molecule is O=C1c2ccccc2OCC1Cc1c[nH]c2ccccc12. The van der Waals surface area contributed by atoms with Crippen LogP contribution in [0.2, 0.25) is 0 Å². The molecule has 0 amide bonds. The molecule has 0 bridgehead atoms. The van der Waals surface area contributed by atoms with Gasteiger partial charge in [-0.25, -0.2) is 0 Å². The zero-order valence-corrected chi connectivity index (χ0v) is 11.5. The number of aromatic amines is 1. The number of aromatic nitrogens is 1. The van der Waals surface area contributed by atoms with Gasteiger partial charge in [0.1, 0.15) is 5.75 Å². The fourth-order valence-electron chi connectivity index (χ4n) is 3.00. The van der Waals surface area contributed by atoms with Crippen LogP contribution in [0.4, 0.5) is 0 Å². The third kappa shape index (κ3) is 2.02. The zero-order valence-electron chi connectivity index (χ0n) is 11.5. The Hall–Kier alpha value is -2.55. The standard InChI is InChI=1S/C18H15NO2/c20-18-13(11-21-17-8-4-2-6-15(17)18)9-12-10-19-16-7-3-1-5-14(12)16/h1-8,10,13,19H,9,11H2. The molecular weight excluding hydrogens is 262 g/mol. The van der Waals surface area contributed by atoms with E-state index in [1.165, 1.54) is 10.9 Å². The number of ketones is 1. The van der Waals surface area contributed by atoms with Gasteiger partial charge in [0.25, 0.3) is 0 Å². The molecule has 3 heteroatoms. The predicted octanol–water partition coefficient (Wildman–Crippen LogP) is 3.60. The molecule has 0 saturated carbocycles. The van der Waals surface area contributed by atoms with Gasteiger partial charge >= 0.3 is 0 Å². The minimum atomic E-state index is -0.112. The summed E-state index contributed by atoms with van der Waals surface area (Å²) in [6, 6.07) is 15.6. The molecule has 0 spiro atoms. The molecule has 4 rings (SSSR count). The van der Waals surface area contributed by atoms with Gasteiger partial charge in [-0.1, -0.05) is 30.3 Å². The summed E-state index contributed by atoms with van der Waals surface area (Å²) in [6.07, 6.45) is 2.70. The minimum absolute atomic E-state index is 0.112. The second kappa shape index (κ2) is 4.77. The van der Waals surface area contributed by atoms with E-state index in [0.717, 1.165) is 5.52 Å². The van der Waals surface area contributed by atoms with E-state index < -0.39 is 0 Å². The van der Waals surface area contributed by atoms with E-state index >= 15 is 0 Å². The molecule has 2 aromatic carbocycles. The lowest BCUT2D eigenvalue weighted by Crippen LogP contribution is -2.29. The van der Waals surface area contributed by atoms with Crippen molar-refractivity contribution in [2.75, 3.05) is 6.61 Å². The van der Waals surface area contributed by atoms with Gasteiger partial charge < -0.3 is 9.72 Å². The van der Waals surface area contributed by atoms with Gasteiger partial charge in [0, 0.05) is 17.1 Å². The Morgan fingerprint density at radius 1 is 1.10 bits per heavy atom. The Balaban J connectivity index is 1.65. The van der Waals surface area contributed by atoms with Crippen LogP contribution in [0.1, 0.15) is 15.9 Å². The molecule has 1 N–H and O–H groups in total. The molecule has 1 unspecified atom stereocenters. The average molecular weight is 277 g/mol. The second-order valence-electron chi connectivity index (χ2n) is 5.43. The number of carbonyl (C=O) groups is 1. The third-order valence-corrected chi connectivity index (χ3v) is 4.10. The molecule has 1 aromatic heterocycles. The van der Waals surface area contributed by atoms with Gasteiger partial charge in [-0.15, -0.1) is 0 Å². The van der Waals surface area contributed by atoms with Crippen LogP contribution < -0.4 is 4.74 Å². The van der Waals surface area contributed by atoms with Crippen molar-refractivity contribution in [2.45, 2.75) is 6.42 Å². The molecule has 0 fully saturated rings. The fourth-order valence-corrected chi connectivity index (χ4v) is 3.00. The van der Waals surface area contributed by atoms with Crippen molar-refractivity contribution in [1.82, 2.24) is 4.98 Å². The van der Waals surface area contributed by atoms with Gasteiger partial charge in [-0.2, -0.15) is 0 Å². The van der Waals surface area contributed by atoms with E-state index in [2.05, 4.69) is 11.1 Å². The topological polar surface area (TPSA) is 42.1 Å². The van der Waals surface area contributed by atoms with Crippen LogP contribution in [0.5, 0.6) is 5.75 Å². The molecule has 0 radical (unpaired) electrons. The number of para-hydroxylation sites is 2. The van der Waals surface area contributed by atoms with E-state index in [9.17, 15) is 4.79 Å². The summed E-state index contributed by atoms with van der Waals surface area (Å²) in [5.74, 6) is 0.777. The monoisotopic (exact) mass is 277 g/mol. The lowest BCUT2D eigenvalue weighted by Gasteiger charge is -2.23. The number of rotatable bonds is 2. The molecule has 104 valence electrons. The highest BCUT2D eigenvalue weighted by Gasteiger charge is 2.29. The van der Waals surface area contributed by atoms with Crippen molar-refractivity contribution in [1.29, 1.82) is 0 Å². The normalized spacial score (nSPS) is 17.5. The van der Waals surface area contributed by atoms with Crippen LogP contribution in [-0.2, 0) is 6.42 Å². The molecule has 1 atom stereocenters. The molecule has 1 aliphatic heterocycles. The summed E-state index contributed by atoms with van der Waals surface area (Å²) in [4.78, 5) is 15.8. The molecule has 21 heavy (non-hydrogen) atoms. The molecule has 0 aliphatic carbocycles. The van der Waals surface area contributed by atoms with Crippen molar-refractivity contribution in [2.24, 2.45) is 5.92 Å². The number of H-pyrrole nitrogens is 1. The highest BCUT2D eigenvalue weighted by Crippen LogP contribution is 2.30. The largest absolute Gasteiger partial charge is 0.492 e. The Morgan fingerprint density at radius 3 is 2.86 bits per heavy atom. The lowest BCUT2D eigenvalue weighted by atomic mass is 9.89. The first-order valence-corrected chi connectivity index (χ1v) is 7.14. The van der Waals surface area contributed by atoms with E-state index in [1.807, 2.05) is 48.7 Å². The van der Waals surface area contributed by atoms with Gasteiger partial charge in [0.05, 0.1) is 18.1 Å². The Labute approximate surface area is 122 Å². The summed E-state index contributed by atoms with van der Waals surface area (Å²) in [5, 5.41) is 1.18. The highest BCUT2D eigenvalue weighted by atomic mass is 16.5. The van der Waals surface area contributed by atoms with Crippen molar-refractivity contribution in [3.05, 3.63) is 65.9 Å². The van der Waals surface area contributed by atoms with Crippen molar-refractivity contribution < 1.29 is 9.53 Å². The van der Waals surface area contributed by atoms with Gasteiger partial charge in [-0.05, 0) is 30.2 Å². The maximum atomic E-state index is 12.6. The van der Waals surface area contributed by atoms with Gasteiger partial charge in [0.2, 0.25) is 0 Å². The molecular formula is C18H15NO2. The summed E-state index contributed by atoms with van der Waals surface area (Å²) in [6.45, 7) is 0.454. The number of carbonyl (C=O) groups excluding carboxylic acids is 1. The fraction of sp³-hybridized carbons (Fsp3) is 0.167. The van der Waals surface area contributed by atoms with E-state index in [0.29, 0.717) is 24.3 Å². The third-order valence-electron chi connectivity index (χ3n) is 4.10. The first kappa shape index (κ1) is 12.2. The van der Waals surface area contributed by atoms with E-state index in [4.69, 9.17) is 4.74 Å². The second-order valence-corrected chi connectivity index (χ2v) is 5.43. The summed E-state index contributed by atoms with van der Waals surface area (Å²) >= 11 is 0. The minimum Gasteiger partial charge on any atom is -0.492 e. The van der Waals surface area contributed by atoms with Crippen LogP contribution in [-0.4, -0.2) is 17.4 Å². The maximum absolute atomic E-state index is 12.6. The summed E-state index contributed by atoms with van der Waals surface area (Å²) in [7, 11) is 0.